The number of aryl methyl sites for hydroxylation is 1. The van der Waals surface area contributed by atoms with E-state index in [1.165, 1.54) is 22.5 Å². The molecule has 1 aromatic heterocycles. The number of halogens is 1. The van der Waals surface area contributed by atoms with Gasteiger partial charge in [-0.15, -0.1) is 10.2 Å². The summed E-state index contributed by atoms with van der Waals surface area (Å²) >= 11 is 7.07. The first kappa shape index (κ1) is 18.1. The smallest absolute Gasteiger partial charge is 0.234 e. The number of nitrogens with one attached hydrogen (secondary N) is 1. The molecule has 9 heteroatoms. The molecule has 1 amide bonds. The van der Waals surface area contributed by atoms with E-state index >= 15 is 0 Å². The number of nitrogens with zero attached hydrogens (tertiary/aromatic N) is 4. The zero-order valence-electron chi connectivity index (χ0n) is 13.1. The van der Waals surface area contributed by atoms with E-state index in [-0.39, 0.29) is 11.7 Å². The Balaban J connectivity index is 1.96. The topological polar surface area (TPSA) is 110 Å². The Morgan fingerprint density at radius 3 is 3.00 bits per heavy atom. The van der Waals surface area contributed by atoms with Crippen LogP contribution in [0.25, 0.3) is 0 Å². The highest BCUT2D eigenvalue weighted by atomic mass is 35.5. The number of benzene rings is 1. The quantitative estimate of drug-likeness (QED) is 0.577. The zero-order valence-corrected chi connectivity index (χ0v) is 14.7. The maximum absolute atomic E-state index is 12.1. The second-order valence-electron chi connectivity index (χ2n) is 5.01. The molecule has 0 atom stereocenters. The molecule has 1 heterocycles. The minimum atomic E-state index is -0.281. The average Bonchev–Trinajstić information content (AvgIpc) is 2.91. The highest BCUT2D eigenvalue weighted by Gasteiger charge is 2.13. The molecule has 0 aliphatic rings. The number of hydrogen-bond acceptors (Lipinski definition) is 6. The Hall–Kier alpha value is -2.24. The summed E-state index contributed by atoms with van der Waals surface area (Å²) in [7, 11) is 0. The average molecular weight is 365 g/mol. The van der Waals surface area contributed by atoms with Crippen molar-refractivity contribution in [3.05, 3.63) is 34.6 Å². The Morgan fingerprint density at radius 1 is 1.50 bits per heavy atom. The molecular weight excluding hydrogens is 348 g/mol. The van der Waals surface area contributed by atoms with Gasteiger partial charge in [0.25, 0.3) is 0 Å². The van der Waals surface area contributed by atoms with Crippen LogP contribution >= 0.6 is 23.4 Å². The molecule has 24 heavy (non-hydrogen) atoms. The molecule has 1 aromatic carbocycles. The summed E-state index contributed by atoms with van der Waals surface area (Å²) in [5.41, 5.74) is 0.732. The molecule has 2 aromatic rings. The number of hydrogen-bond donors (Lipinski definition) is 2. The van der Waals surface area contributed by atoms with Crippen molar-refractivity contribution in [2.45, 2.75) is 31.3 Å². The first-order valence-corrected chi connectivity index (χ1v) is 8.73. The summed E-state index contributed by atoms with van der Waals surface area (Å²) < 4.78 is 1.41. The fourth-order valence-electron chi connectivity index (χ4n) is 1.94. The number of carbonyl (C=O) groups excluding carboxylic acids is 1. The number of anilines is 1. The van der Waals surface area contributed by atoms with Crippen molar-refractivity contribution in [2.24, 2.45) is 0 Å². The number of nitrogen functional groups attached to an aromatic ring is 1. The summed E-state index contributed by atoms with van der Waals surface area (Å²) in [5, 5.41) is 20.7. The number of nitriles is 1. The fourth-order valence-corrected chi connectivity index (χ4v) is 2.79. The van der Waals surface area contributed by atoms with Crippen molar-refractivity contribution in [3.8, 4) is 6.07 Å². The second kappa shape index (κ2) is 8.57. The Kier molecular flexibility index (Phi) is 6.46. The number of nitrogens with two attached hydrogens (primary N) is 1. The first-order chi connectivity index (χ1) is 11.5. The van der Waals surface area contributed by atoms with Crippen molar-refractivity contribution in [2.75, 3.05) is 16.9 Å². The van der Waals surface area contributed by atoms with Crippen molar-refractivity contribution in [3.63, 3.8) is 0 Å². The lowest BCUT2D eigenvalue weighted by atomic mass is 10.2. The lowest BCUT2D eigenvalue weighted by Crippen LogP contribution is -2.17. The number of aromatic nitrogens is 3. The van der Waals surface area contributed by atoms with Gasteiger partial charge in [0.15, 0.2) is 5.82 Å². The van der Waals surface area contributed by atoms with Crippen LogP contribution in [-0.2, 0) is 11.2 Å². The van der Waals surface area contributed by atoms with Crippen LogP contribution < -0.4 is 11.2 Å². The van der Waals surface area contributed by atoms with Crippen LogP contribution in [0.5, 0.6) is 0 Å². The van der Waals surface area contributed by atoms with Crippen LogP contribution in [0.4, 0.5) is 5.69 Å². The Labute approximate surface area is 149 Å². The number of amides is 1. The zero-order chi connectivity index (χ0) is 17.5. The van der Waals surface area contributed by atoms with Gasteiger partial charge in [-0.1, -0.05) is 36.7 Å². The maximum atomic E-state index is 12.1. The van der Waals surface area contributed by atoms with Gasteiger partial charge < -0.3 is 11.2 Å². The monoisotopic (exact) mass is 364 g/mol. The van der Waals surface area contributed by atoms with Crippen LogP contribution in [0, 0.1) is 11.3 Å². The molecule has 0 saturated carbocycles. The third-order valence-corrected chi connectivity index (χ3v) is 4.38. The molecule has 0 fully saturated rings. The molecule has 0 aliphatic carbocycles. The maximum Gasteiger partial charge on any atom is 0.234 e. The summed E-state index contributed by atoms with van der Waals surface area (Å²) in [6.45, 7) is 2.09. The Morgan fingerprint density at radius 2 is 2.29 bits per heavy atom. The minimum Gasteiger partial charge on any atom is -0.336 e. The van der Waals surface area contributed by atoms with E-state index in [4.69, 9.17) is 22.7 Å². The standard InChI is InChI=1S/C15H17ClN6OS/c1-2-3-4-13-20-21-15(22(13)18)24-9-14(23)19-12-7-11(16)6-5-10(12)8-17/h5-7H,2-4,9,18H2,1H3,(H,19,23). The minimum absolute atomic E-state index is 0.0977. The summed E-state index contributed by atoms with van der Waals surface area (Å²) in [4.78, 5) is 12.1. The highest BCUT2D eigenvalue weighted by molar-refractivity contribution is 7.99. The van der Waals surface area contributed by atoms with E-state index in [1.54, 1.807) is 12.1 Å². The molecule has 0 bridgehead atoms. The van der Waals surface area contributed by atoms with Gasteiger partial charge in [0.2, 0.25) is 11.1 Å². The summed E-state index contributed by atoms with van der Waals surface area (Å²) in [6, 6.07) is 6.70. The van der Waals surface area contributed by atoms with Crippen LogP contribution in [-0.4, -0.2) is 26.5 Å². The van der Waals surface area contributed by atoms with Crippen molar-refractivity contribution in [1.82, 2.24) is 14.9 Å². The van der Waals surface area contributed by atoms with Gasteiger partial charge in [-0.05, 0) is 24.6 Å². The largest absolute Gasteiger partial charge is 0.336 e. The molecule has 0 unspecified atom stereocenters. The highest BCUT2D eigenvalue weighted by Crippen LogP contribution is 2.21. The summed E-state index contributed by atoms with van der Waals surface area (Å²) in [6.07, 6.45) is 2.77. The Bertz CT molecular complexity index is 770. The van der Waals surface area contributed by atoms with Crippen molar-refractivity contribution < 1.29 is 4.79 Å². The molecule has 126 valence electrons. The van der Waals surface area contributed by atoms with Crippen LogP contribution in [0.1, 0.15) is 31.2 Å². The number of unbranched alkanes of at least 4 members (excludes halogenated alkanes) is 1. The lowest BCUT2D eigenvalue weighted by Gasteiger charge is -2.07. The van der Waals surface area contributed by atoms with Gasteiger partial charge in [0, 0.05) is 11.4 Å². The van der Waals surface area contributed by atoms with E-state index < -0.39 is 0 Å². The SMILES string of the molecule is CCCCc1nnc(SCC(=O)Nc2cc(Cl)ccc2C#N)n1N. The van der Waals surface area contributed by atoms with Crippen LogP contribution in [0.2, 0.25) is 5.02 Å². The van der Waals surface area contributed by atoms with Gasteiger partial charge in [0.05, 0.1) is 17.0 Å². The van der Waals surface area contributed by atoms with Gasteiger partial charge in [-0.2, -0.15) is 5.26 Å². The third kappa shape index (κ3) is 4.63. The van der Waals surface area contributed by atoms with Gasteiger partial charge in [-0.25, -0.2) is 4.68 Å². The number of thioether (sulfide) groups is 1. The third-order valence-electron chi connectivity index (χ3n) is 3.20. The van der Waals surface area contributed by atoms with E-state index in [0.29, 0.717) is 27.3 Å². The molecule has 3 N–H and O–H groups in total. The number of carbonyl (C=O) groups is 1. The van der Waals surface area contributed by atoms with E-state index in [0.717, 1.165) is 19.3 Å². The second-order valence-corrected chi connectivity index (χ2v) is 6.39. The number of rotatable bonds is 7. The first-order valence-electron chi connectivity index (χ1n) is 7.36. The van der Waals surface area contributed by atoms with Crippen LogP contribution in [0.15, 0.2) is 23.4 Å². The van der Waals surface area contributed by atoms with Crippen molar-refractivity contribution >= 4 is 35.0 Å². The predicted molar refractivity (Wildman–Crippen MR) is 94.3 cm³/mol. The van der Waals surface area contributed by atoms with Gasteiger partial charge in [0.1, 0.15) is 6.07 Å². The predicted octanol–water partition coefficient (Wildman–Crippen LogP) is 2.59. The normalized spacial score (nSPS) is 10.4. The van der Waals surface area contributed by atoms with Crippen LogP contribution in [0.3, 0.4) is 0 Å². The molecule has 0 saturated heterocycles. The molecule has 0 spiro atoms. The van der Waals surface area contributed by atoms with E-state index in [2.05, 4.69) is 22.4 Å². The molecular formula is C15H17ClN6OS. The van der Waals surface area contributed by atoms with Gasteiger partial charge in [-0.3, -0.25) is 4.79 Å². The molecule has 2 rings (SSSR count). The molecule has 0 radical (unpaired) electrons. The summed E-state index contributed by atoms with van der Waals surface area (Å²) in [5.74, 6) is 6.44. The molecule has 7 nitrogen and oxygen atoms in total. The molecule has 0 aliphatic heterocycles. The van der Waals surface area contributed by atoms with E-state index in [1.807, 2.05) is 6.07 Å². The van der Waals surface area contributed by atoms with E-state index in [9.17, 15) is 4.79 Å². The van der Waals surface area contributed by atoms with Gasteiger partial charge >= 0.3 is 0 Å². The lowest BCUT2D eigenvalue weighted by molar-refractivity contribution is -0.113. The fraction of sp³-hybridized carbons (Fsp3) is 0.333. The van der Waals surface area contributed by atoms with Crippen molar-refractivity contribution in [1.29, 1.82) is 5.26 Å².